The Morgan fingerprint density at radius 1 is 1.00 bits per heavy atom. The highest BCUT2D eigenvalue weighted by molar-refractivity contribution is 5.70. The molecule has 0 saturated heterocycles. The van der Waals surface area contributed by atoms with Gasteiger partial charge in [-0.25, -0.2) is 9.89 Å². The Kier molecular flexibility index (Phi) is 7.58. The zero-order valence-corrected chi connectivity index (χ0v) is 23.3. The van der Waals surface area contributed by atoms with Gasteiger partial charge < -0.3 is 4.57 Å². The monoisotopic (exact) mass is 524 g/mol. The maximum Gasteiger partial charge on any atom is 0.334 e. The molecular weight excluding hydrogens is 488 g/mol. The first kappa shape index (κ1) is 26.3. The third-order valence-corrected chi connectivity index (χ3v) is 7.12. The lowest BCUT2D eigenvalue weighted by atomic mass is 10.0. The number of benzene rings is 1. The summed E-state index contributed by atoms with van der Waals surface area (Å²) in [5.41, 5.74) is 5.95. The molecule has 4 heterocycles. The van der Waals surface area contributed by atoms with Crippen LogP contribution in [0.4, 0.5) is 0 Å². The fraction of sp³-hybridized carbons (Fsp3) is 0.367. The zero-order valence-electron chi connectivity index (χ0n) is 23.3. The van der Waals surface area contributed by atoms with E-state index in [1.807, 2.05) is 45.8 Å². The van der Waals surface area contributed by atoms with Crippen molar-refractivity contribution >= 4 is 0 Å². The van der Waals surface area contributed by atoms with Crippen LogP contribution in [-0.2, 0) is 13.0 Å². The minimum Gasteiger partial charge on any atom is -0.331 e. The van der Waals surface area contributed by atoms with Crippen molar-refractivity contribution < 1.29 is 0 Å². The SMILES string of the molecule is CCCCc1cn(-c2c(C(C)C)ccn2C(C)C)c(=O)n1Cc1cc(-c2cccc(-c3nnn[nH]3)c2)ccn1. The van der Waals surface area contributed by atoms with Crippen LogP contribution >= 0.6 is 0 Å². The van der Waals surface area contributed by atoms with Gasteiger partial charge in [0, 0.05) is 35.9 Å². The van der Waals surface area contributed by atoms with Crippen LogP contribution in [0, 0.1) is 0 Å². The number of tetrazole rings is 1. The molecule has 5 rings (SSSR count). The number of rotatable bonds is 10. The standard InChI is InChI=1S/C30H36N8O/c1-6-7-11-26-19-38(29-27(20(2)3)13-15-36(29)21(4)5)30(39)37(26)18-25-17-23(12-14-31-25)22-9-8-10-24(16-22)28-32-34-35-33-28/h8-10,12-17,19-21H,6-7,11,18H2,1-5H3,(H,32,33,34,35). The van der Waals surface area contributed by atoms with E-state index >= 15 is 0 Å². The van der Waals surface area contributed by atoms with Crippen LogP contribution in [0.15, 0.2) is 65.8 Å². The van der Waals surface area contributed by atoms with Crippen LogP contribution < -0.4 is 5.69 Å². The van der Waals surface area contributed by atoms with Crippen molar-refractivity contribution in [2.75, 3.05) is 0 Å². The van der Waals surface area contributed by atoms with Crippen LogP contribution in [0.25, 0.3) is 28.3 Å². The molecule has 202 valence electrons. The molecule has 0 atom stereocenters. The molecule has 0 bridgehead atoms. The Hall–Kier alpha value is -4.27. The molecule has 0 amide bonds. The quantitative estimate of drug-likeness (QED) is 0.250. The number of nitrogens with zero attached hydrogens (tertiary/aromatic N) is 7. The summed E-state index contributed by atoms with van der Waals surface area (Å²) in [6.07, 6.45) is 8.86. The van der Waals surface area contributed by atoms with E-state index in [2.05, 4.69) is 89.2 Å². The Morgan fingerprint density at radius 3 is 2.51 bits per heavy atom. The fourth-order valence-corrected chi connectivity index (χ4v) is 5.02. The molecule has 1 aromatic carbocycles. The number of pyridine rings is 1. The maximum atomic E-state index is 14.0. The first-order chi connectivity index (χ1) is 18.9. The molecule has 0 saturated carbocycles. The molecule has 0 fully saturated rings. The molecule has 1 N–H and O–H groups in total. The molecule has 9 nitrogen and oxygen atoms in total. The van der Waals surface area contributed by atoms with Gasteiger partial charge in [0.1, 0.15) is 5.82 Å². The summed E-state index contributed by atoms with van der Waals surface area (Å²) in [6, 6.07) is 14.5. The highest BCUT2D eigenvalue weighted by Crippen LogP contribution is 2.28. The second-order valence-corrected chi connectivity index (χ2v) is 10.6. The average molecular weight is 525 g/mol. The molecule has 9 heteroatoms. The van der Waals surface area contributed by atoms with E-state index in [-0.39, 0.29) is 11.7 Å². The Labute approximate surface area is 228 Å². The lowest BCUT2D eigenvalue weighted by Crippen LogP contribution is -2.27. The zero-order chi connectivity index (χ0) is 27.5. The van der Waals surface area contributed by atoms with Crippen molar-refractivity contribution in [1.29, 1.82) is 0 Å². The summed E-state index contributed by atoms with van der Waals surface area (Å²) in [6.45, 7) is 11.2. The number of nitrogens with one attached hydrogen (secondary N) is 1. The molecule has 0 aliphatic rings. The van der Waals surface area contributed by atoms with Crippen molar-refractivity contribution in [2.45, 2.75) is 72.4 Å². The molecule has 0 aliphatic heterocycles. The molecule has 5 aromatic rings. The van der Waals surface area contributed by atoms with Crippen molar-refractivity contribution in [3.8, 4) is 28.3 Å². The molecule has 0 radical (unpaired) electrons. The molecule has 0 aliphatic carbocycles. The molecular formula is C30H36N8O. The molecule has 0 spiro atoms. The first-order valence-electron chi connectivity index (χ1n) is 13.7. The first-order valence-corrected chi connectivity index (χ1v) is 13.7. The second kappa shape index (κ2) is 11.2. The highest BCUT2D eigenvalue weighted by Gasteiger charge is 2.21. The predicted molar refractivity (Wildman–Crippen MR) is 153 cm³/mol. The number of H-pyrrole nitrogens is 1. The van der Waals surface area contributed by atoms with Gasteiger partial charge in [-0.2, -0.15) is 0 Å². The van der Waals surface area contributed by atoms with Gasteiger partial charge in [0.2, 0.25) is 0 Å². The second-order valence-electron chi connectivity index (χ2n) is 10.6. The molecule has 0 unspecified atom stereocenters. The number of hydrogen-bond donors (Lipinski definition) is 1. The summed E-state index contributed by atoms with van der Waals surface area (Å²) >= 11 is 0. The Balaban J connectivity index is 1.54. The average Bonchev–Trinajstić information content (AvgIpc) is 3.68. The maximum absolute atomic E-state index is 14.0. The van der Waals surface area contributed by atoms with Gasteiger partial charge in [-0.1, -0.05) is 45.4 Å². The summed E-state index contributed by atoms with van der Waals surface area (Å²) in [5, 5.41) is 14.2. The van der Waals surface area contributed by atoms with Crippen LogP contribution in [-0.4, -0.2) is 39.3 Å². The summed E-state index contributed by atoms with van der Waals surface area (Å²) < 4.78 is 5.93. The smallest absolute Gasteiger partial charge is 0.331 e. The minimum absolute atomic E-state index is 0.0318. The van der Waals surface area contributed by atoms with Crippen molar-refractivity contribution in [2.24, 2.45) is 0 Å². The normalized spacial score (nSPS) is 11.7. The van der Waals surface area contributed by atoms with E-state index in [1.54, 1.807) is 0 Å². The lowest BCUT2D eigenvalue weighted by molar-refractivity contribution is 0.579. The van der Waals surface area contributed by atoms with Crippen LogP contribution in [0.2, 0.25) is 0 Å². The van der Waals surface area contributed by atoms with E-state index in [1.165, 1.54) is 5.56 Å². The summed E-state index contributed by atoms with van der Waals surface area (Å²) in [7, 11) is 0. The van der Waals surface area contributed by atoms with Gasteiger partial charge in [0.05, 0.1) is 12.2 Å². The van der Waals surface area contributed by atoms with Crippen molar-refractivity contribution in [3.63, 3.8) is 0 Å². The molecule has 39 heavy (non-hydrogen) atoms. The van der Waals surface area contributed by atoms with Crippen LogP contribution in [0.3, 0.4) is 0 Å². The topological polar surface area (TPSA) is 99.2 Å². The van der Waals surface area contributed by atoms with Gasteiger partial charge in [-0.15, -0.1) is 5.10 Å². The highest BCUT2D eigenvalue weighted by atomic mass is 16.1. The van der Waals surface area contributed by atoms with Crippen LogP contribution in [0.1, 0.15) is 76.4 Å². The summed E-state index contributed by atoms with van der Waals surface area (Å²) in [5.74, 6) is 1.88. The van der Waals surface area contributed by atoms with Gasteiger partial charge >= 0.3 is 5.69 Å². The van der Waals surface area contributed by atoms with Gasteiger partial charge in [0.15, 0.2) is 5.82 Å². The number of hydrogen-bond acceptors (Lipinski definition) is 5. The van der Waals surface area contributed by atoms with E-state index in [9.17, 15) is 4.79 Å². The third-order valence-electron chi connectivity index (χ3n) is 7.12. The molecule has 4 aromatic heterocycles. The number of aromatic amines is 1. The van der Waals surface area contributed by atoms with Gasteiger partial charge in [-0.3, -0.25) is 14.1 Å². The van der Waals surface area contributed by atoms with E-state index < -0.39 is 0 Å². The lowest BCUT2D eigenvalue weighted by Gasteiger charge is -2.16. The fourth-order valence-electron chi connectivity index (χ4n) is 5.02. The number of imidazole rings is 1. The van der Waals surface area contributed by atoms with Gasteiger partial charge in [-0.05, 0) is 84.0 Å². The van der Waals surface area contributed by atoms with Crippen molar-refractivity contribution in [1.82, 2.24) is 39.3 Å². The summed E-state index contributed by atoms with van der Waals surface area (Å²) in [4.78, 5) is 18.6. The number of aryl methyl sites for hydroxylation is 1. The van der Waals surface area contributed by atoms with Crippen LogP contribution in [0.5, 0.6) is 0 Å². The van der Waals surface area contributed by atoms with Gasteiger partial charge in [0.25, 0.3) is 0 Å². The van der Waals surface area contributed by atoms with E-state index in [0.717, 1.165) is 53.2 Å². The minimum atomic E-state index is -0.0318. The largest absolute Gasteiger partial charge is 0.334 e. The van der Waals surface area contributed by atoms with Crippen molar-refractivity contribution in [3.05, 3.63) is 88.5 Å². The number of unbranched alkanes of at least 4 members (excludes halogenated alkanes) is 1. The predicted octanol–water partition coefficient (Wildman–Crippen LogP) is 5.78. The van der Waals surface area contributed by atoms with E-state index in [4.69, 9.17) is 0 Å². The Morgan fingerprint density at radius 2 is 1.79 bits per heavy atom. The Bertz CT molecular complexity index is 1580. The van der Waals surface area contributed by atoms with E-state index in [0.29, 0.717) is 18.3 Å². The third kappa shape index (κ3) is 5.34. The number of aromatic nitrogens is 8.